The van der Waals surface area contributed by atoms with E-state index < -0.39 is 24.1 Å². The fourth-order valence-corrected chi connectivity index (χ4v) is 2.90. The number of anilines is 1. The second-order valence-corrected chi connectivity index (χ2v) is 6.10. The molecular formula is C19H19F4NO2. The summed E-state index contributed by atoms with van der Waals surface area (Å²) >= 11 is 0. The molecule has 26 heavy (non-hydrogen) atoms. The number of benzene rings is 2. The summed E-state index contributed by atoms with van der Waals surface area (Å²) in [6.07, 6.45) is -5.66. The number of halogens is 4. The second-order valence-electron chi connectivity index (χ2n) is 6.10. The first-order valence-corrected chi connectivity index (χ1v) is 8.28. The van der Waals surface area contributed by atoms with Gasteiger partial charge in [-0.3, -0.25) is 0 Å². The molecule has 1 saturated heterocycles. The molecule has 2 aromatic carbocycles. The van der Waals surface area contributed by atoms with Gasteiger partial charge < -0.3 is 14.4 Å². The molecule has 0 unspecified atom stereocenters. The molecule has 3 nitrogen and oxygen atoms in total. The lowest BCUT2D eigenvalue weighted by Gasteiger charge is -2.35. The quantitative estimate of drug-likeness (QED) is 0.724. The predicted octanol–water partition coefficient (Wildman–Crippen LogP) is 4.79. The zero-order valence-corrected chi connectivity index (χ0v) is 14.2. The zero-order valence-electron chi connectivity index (χ0n) is 14.2. The normalized spacial score (nSPS) is 19.4. The van der Waals surface area contributed by atoms with Crippen molar-refractivity contribution in [1.82, 2.24) is 0 Å². The van der Waals surface area contributed by atoms with Crippen LogP contribution in [0.25, 0.3) is 0 Å². The van der Waals surface area contributed by atoms with Gasteiger partial charge in [-0.2, -0.15) is 13.2 Å². The van der Waals surface area contributed by atoms with Crippen molar-refractivity contribution in [3.05, 3.63) is 65.5 Å². The van der Waals surface area contributed by atoms with Crippen LogP contribution in [0, 0.1) is 5.82 Å². The van der Waals surface area contributed by atoms with Crippen LogP contribution >= 0.6 is 0 Å². The van der Waals surface area contributed by atoms with Gasteiger partial charge in [0.25, 0.3) is 0 Å². The second kappa shape index (κ2) is 7.63. The van der Waals surface area contributed by atoms with Crippen molar-refractivity contribution in [2.75, 3.05) is 24.6 Å². The monoisotopic (exact) mass is 369 g/mol. The topological polar surface area (TPSA) is 21.7 Å². The van der Waals surface area contributed by atoms with Crippen molar-refractivity contribution in [2.24, 2.45) is 0 Å². The number of hydrogen-bond donors (Lipinski definition) is 0. The lowest BCUT2D eigenvalue weighted by molar-refractivity contribution is -0.171. The average Bonchev–Trinajstić information content (AvgIpc) is 2.62. The summed E-state index contributed by atoms with van der Waals surface area (Å²) in [5.74, 6) is -0.334. The third-order valence-corrected chi connectivity index (χ3v) is 4.27. The standard InChI is InChI=1S/C19H19F4NO2/c1-13(14-5-4-6-15(11-14)19(21,22)23)26-18-12-24(9-10-25-18)17-8-3-2-7-16(17)20/h2-8,11,13,18H,9-10,12H2,1H3/t13-,18-/m1/s1. The molecule has 1 aliphatic rings. The van der Waals surface area contributed by atoms with Crippen LogP contribution in [0.3, 0.4) is 0 Å². The van der Waals surface area contributed by atoms with E-state index in [0.29, 0.717) is 30.9 Å². The van der Waals surface area contributed by atoms with Crippen LogP contribution in [0.15, 0.2) is 48.5 Å². The molecular weight excluding hydrogens is 350 g/mol. The number of nitrogens with zero attached hydrogens (tertiary/aromatic N) is 1. The highest BCUT2D eigenvalue weighted by Gasteiger charge is 2.31. The fourth-order valence-electron chi connectivity index (χ4n) is 2.90. The largest absolute Gasteiger partial charge is 0.416 e. The molecule has 0 radical (unpaired) electrons. The molecule has 1 fully saturated rings. The number of ether oxygens (including phenoxy) is 2. The van der Waals surface area contributed by atoms with Gasteiger partial charge in [0.15, 0.2) is 6.29 Å². The van der Waals surface area contributed by atoms with Crippen LogP contribution in [0.4, 0.5) is 23.2 Å². The average molecular weight is 369 g/mol. The summed E-state index contributed by atoms with van der Waals surface area (Å²) in [7, 11) is 0. The minimum atomic E-state index is -4.40. The maximum Gasteiger partial charge on any atom is 0.416 e. The molecule has 0 aliphatic carbocycles. The molecule has 0 aromatic heterocycles. The Balaban J connectivity index is 1.68. The highest BCUT2D eigenvalue weighted by molar-refractivity contribution is 5.47. The van der Waals surface area contributed by atoms with E-state index in [1.165, 1.54) is 12.1 Å². The number of alkyl halides is 3. The van der Waals surface area contributed by atoms with Crippen molar-refractivity contribution in [1.29, 1.82) is 0 Å². The van der Waals surface area contributed by atoms with E-state index >= 15 is 0 Å². The van der Waals surface area contributed by atoms with Crippen molar-refractivity contribution in [3.63, 3.8) is 0 Å². The Morgan fingerprint density at radius 1 is 1.15 bits per heavy atom. The maximum absolute atomic E-state index is 14.0. The Labute approximate surface area is 149 Å². The van der Waals surface area contributed by atoms with Gasteiger partial charge in [-0.15, -0.1) is 0 Å². The smallest absolute Gasteiger partial charge is 0.362 e. The molecule has 0 N–H and O–H groups in total. The van der Waals surface area contributed by atoms with E-state index in [0.717, 1.165) is 12.1 Å². The Kier molecular flexibility index (Phi) is 5.48. The molecule has 0 saturated carbocycles. The first-order chi connectivity index (χ1) is 12.3. The fraction of sp³-hybridized carbons (Fsp3) is 0.368. The Morgan fingerprint density at radius 3 is 2.65 bits per heavy atom. The molecule has 1 aliphatic heterocycles. The van der Waals surface area contributed by atoms with Crippen LogP contribution in [0.5, 0.6) is 0 Å². The first-order valence-electron chi connectivity index (χ1n) is 8.28. The highest BCUT2D eigenvalue weighted by atomic mass is 19.4. The van der Waals surface area contributed by atoms with Crippen LogP contribution in [0.1, 0.15) is 24.2 Å². The summed E-state index contributed by atoms with van der Waals surface area (Å²) in [6, 6.07) is 11.4. The molecule has 0 spiro atoms. The van der Waals surface area contributed by atoms with Gasteiger partial charge in [0, 0.05) is 6.54 Å². The van der Waals surface area contributed by atoms with E-state index in [1.807, 2.05) is 4.90 Å². The molecule has 1 heterocycles. The van der Waals surface area contributed by atoms with Crippen molar-refractivity contribution >= 4 is 5.69 Å². The molecule has 7 heteroatoms. The maximum atomic E-state index is 14.0. The summed E-state index contributed by atoms with van der Waals surface area (Å²) in [5.41, 5.74) is 0.144. The molecule has 140 valence electrons. The van der Waals surface area contributed by atoms with E-state index in [9.17, 15) is 17.6 Å². The zero-order chi connectivity index (χ0) is 18.7. The van der Waals surface area contributed by atoms with Crippen LogP contribution < -0.4 is 4.90 Å². The molecule has 2 aromatic rings. The Hall–Kier alpha value is -2.12. The van der Waals surface area contributed by atoms with Crippen LogP contribution in [-0.2, 0) is 15.7 Å². The summed E-state index contributed by atoms with van der Waals surface area (Å²) in [5, 5.41) is 0. The third kappa shape index (κ3) is 4.34. The van der Waals surface area contributed by atoms with Gasteiger partial charge >= 0.3 is 6.18 Å². The Morgan fingerprint density at radius 2 is 1.92 bits per heavy atom. The van der Waals surface area contributed by atoms with E-state index in [-0.39, 0.29) is 5.82 Å². The molecule has 2 atom stereocenters. The predicted molar refractivity (Wildman–Crippen MR) is 89.3 cm³/mol. The minimum Gasteiger partial charge on any atom is -0.362 e. The third-order valence-electron chi connectivity index (χ3n) is 4.27. The van der Waals surface area contributed by atoms with Gasteiger partial charge in [-0.1, -0.05) is 24.3 Å². The van der Waals surface area contributed by atoms with E-state index in [2.05, 4.69) is 0 Å². The SMILES string of the molecule is C[C@@H](O[C@@H]1CN(c2ccccc2F)CCO1)c1cccc(C(F)(F)F)c1. The summed E-state index contributed by atoms with van der Waals surface area (Å²) in [6.45, 7) is 2.82. The van der Waals surface area contributed by atoms with Crippen LogP contribution in [-0.4, -0.2) is 26.0 Å². The molecule has 0 bridgehead atoms. The first kappa shape index (κ1) is 18.7. The van der Waals surface area contributed by atoms with Gasteiger partial charge in [-0.25, -0.2) is 4.39 Å². The lowest BCUT2D eigenvalue weighted by Crippen LogP contribution is -2.44. The van der Waals surface area contributed by atoms with E-state index in [1.54, 1.807) is 31.2 Å². The van der Waals surface area contributed by atoms with Crippen molar-refractivity contribution in [3.8, 4) is 0 Å². The number of rotatable bonds is 4. The van der Waals surface area contributed by atoms with Crippen molar-refractivity contribution < 1.29 is 27.0 Å². The van der Waals surface area contributed by atoms with E-state index in [4.69, 9.17) is 9.47 Å². The van der Waals surface area contributed by atoms with Gasteiger partial charge in [0.2, 0.25) is 0 Å². The number of para-hydroxylation sites is 1. The summed E-state index contributed by atoms with van der Waals surface area (Å²) in [4.78, 5) is 1.81. The van der Waals surface area contributed by atoms with Gasteiger partial charge in [0.05, 0.1) is 30.5 Å². The number of hydrogen-bond acceptors (Lipinski definition) is 3. The lowest BCUT2D eigenvalue weighted by atomic mass is 10.1. The van der Waals surface area contributed by atoms with Crippen molar-refractivity contribution in [2.45, 2.75) is 25.5 Å². The van der Waals surface area contributed by atoms with Gasteiger partial charge in [0.1, 0.15) is 5.82 Å². The summed E-state index contributed by atoms with van der Waals surface area (Å²) < 4.78 is 63.9. The molecule has 0 amide bonds. The number of morpholine rings is 1. The minimum absolute atomic E-state index is 0.296. The van der Waals surface area contributed by atoms with Crippen LogP contribution in [0.2, 0.25) is 0 Å². The van der Waals surface area contributed by atoms with Gasteiger partial charge in [-0.05, 0) is 36.8 Å². The molecule has 3 rings (SSSR count). The Bertz CT molecular complexity index is 750. The highest BCUT2D eigenvalue weighted by Crippen LogP contribution is 2.32.